The molecule has 0 spiro atoms. The summed E-state index contributed by atoms with van der Waals surface area (Å²) in [5.74, 6) is -3.56. The van der Waals surface area contributed by atoms with Gasteiger partial charge in [-0.2, -0.15) is 18.7 Å². The molecule has 0 bridgehead atoms. The molecule has 2 N–H and O–H groups in total. The Bertz CT molecular complexity index is 1090. The predicted octanol–water partition coefficient (Wildman–Crippen LogP) is 3.67. The molecular weight excluding hydrogens is 492 g/mol. The van der Waals surface area contributed by atoms with Gasteiger partial charge in [-0.1, -0.05) is 6.07 Å². The highest BCUT2D eigenvalue weighted by molar-refractivity contribution is 9.10. The zero-order chi connectivity index (χ0) is 22.4. The van der Waals surface area contributed by atoms with E-state index in [1.54, 1.807) is 30.0 Å². The third-order valence-corrected chi connectivity index (χ3v) is 4.12. The Morgan fingerprint density at radius 1 is 1.26 bits per heavy atom. The molecule has 2 aromatic heterocycles. The van der Waals surface area contributed by atoms with E-state index in [1.165, 1.54) is 12.1 Å². The van der Waals surface area contributed by atoms with Crippen LogP contribution >= 0.6 is 15.9 Å². The third kappa shape index (κ3) is 5.97. The lowest BCUT2D eigenvalue weighted by Gasteiger charge is -2.11. The highest BCUT2D eigenvalue weighted by Gasteiger charge is 2.42. The van der Waals surface area contributed by atoms with Crippen LogP contribution in [0.1, 0.15) is 11.3 Å². The first kappa shape index (κ1) is 22.1. The Balaban J connectivity index is 1.89. The number of nitrogens with zero attached hydrogens (tertiary/aromatic N) is 4. The smallest absolute Gasteiger partial charge is 0.361 e. The lowest BCUT2D eigenvalue weighted by atomic mass is 10.3. The standard InChI is InChI=1S/C17H11BrF4N6O3/c18-11-6-10(3-4-12(11)19)25-15(27-30-16(29)17(20,21)22)13-14(28-31-26-13)24-8-9-2-1-5-23-7-9/h1-7H,8H2,(H,24,28)(H,25,27). The average molecular weight is 503 g/mol. The number of alkyl halides is 3. The molecule has 0 saturated carbocycles. The van der Waals surface area contributed by atoms with Crippen molar-refractivity contribution >= 4 is 39.2 Å². The number of aromatic nitrogens is 3. The molecule has 0 aliphatic rings. The molecule has 0 saturated heterocycles. The second-order valence-electron chi connectivity index (χ2n) is 5.72. The second-order valence-corrected chi connectivity index (χ2v) is 6.58. The van der Waals surface area contributed by atoms with E-state index in [1.807, 2.05) is 0 Å². The number of carbonyl (C=O) groups is 1. The largest absolute Gasteiger partial charge is 0.493 e. The van der Waals surface area contributed by atoms with Gasteiger partial charge in [-0.05, 0) is 56.1 Å². The van der Waals surface area contributed by atoms with Gasteiger partial charge in [0.05, 0.1) is 10.2 Å². The molecule has 9 nitrogen and oxygen atoms in total. The van der Waals surface area contributed by atoms with Crippen molar-refractivity contribution in [1.29, 1.82) is 0 Å². The van der Waals surface area contributed by atoms with Crippen LogP contribution in [0.5, 0.6) is 0 Å². The SMILES string of the molecule is O=C(ONC(=Nc1ccc(F)c(Br)c1)c1nonc1NCc1cccnc1)C(F)(F)F. The summed E-state index contributed by atoms with van der Waals surface area (Å²) >= 11 is 2.97. The van der Waals surface area contributed by atoms with Gasteiger partial charge in [0.25, 0.3) is 0 Å². The molecule has 0 unspecified atom stereocenters. The number of rotatable bonds is 5. The summed E-state index contributed by atoms with van der Waals surface area (Å²) < 4.78 is 55.6. The lowest BCUT2D eigenvalue weighted by molar-refractivity contribution is -0.203. The first-order chi connectivity index (χ1) is 14.7. The quantitative estimate of drug-likeness (QED) is 0.235. The predicted molar refractivity (Wildman–Crippen MR) is 101 cm³/mol. The van der Waals surface area contributed by atoms with Crippen molar-refractivity contribution in [2.24, 2.45) is 4.99 Å². The number of anilines is 1. The molecular formula is C17H11BrF4N6O3. The summed E-state index contributed by atoms with van der Waals surface area (Å²) in [5.41, 5.74) is 2.47. The molecule has 162 valence electrons. The number of amidine groups is 1. The number of hydrogen-bond donors (Lipinski definition) is 2. The molecule has 1 aromatic carbocycles. The Labute approximate surface area is 179 Å². The maximum Gasteiger partial charge on any atom is 0.493 e. The Hall–Kier alpha value is -3.55. The van der Waals surface area contributed by atoms with Crippen molar-refractivity contribution in [1.82, 2.24) is 20.8 Å². The van der Waals surface area contributed by atoms with Crippen LogP contribution in [0, 0.1) is 5.82 Å². The van der Waals surface area contributed by atoms with Crippen LogP contribution in [0.4, 0.5) is 29.1 Å². The average Bonchev–Trinajstić information content (AvgIpc) is 3.20. The minimum absolute atomic E-state index is 0.0145. The zero-order valence-electron chi connectivity index (χ0n) is 15.2. The monoisotopic (exact) mass is 502 g/mol. The Morgan fingerprint density at radius 3 is 2.74 bits per heavy atom. The van der Waals surface area contributed by atoms with Crippen molar-refractivity contribution in [3.05, 3.63) is 64.3 Å². The van der Waals surface area contributed by atoms with Crippen LogP contribution in [0.2, 0.25) is 0 Å². The molecule has 3 rings (SSSR count). The van der Waals surface area contributed by atoms with Gasteiger partial charge in [0.15, 0.2) is 11.5 Å². The van der Waals surface area contributed by atoms with Gasteiger partial charge in [-0.25, -0.2) is 18.8 Å². The van der Waals surface area contributed by atoms with E-state index in [2.05, 4.69) is 51.0 Å². The number of hydroxylamine groups is 1. The minimum Gasteiger partial charge on any atom is -0.361 e. The summed E-state index contributed by atoms with van der Waals surface area (Å²) in [5, 5.41) is 10.1. The molecule has 14 heteroatoms. The highest BCUT2D eigenvalue weighted by Crippen LogP contribution is 2.24. The second kappa shape index (κ2) is 9.51. The molecule has 0 aliphatic heterocycles. The van der Waals surface area contributed by atoms with E-state index in [0.717, 1.165) is 11.6 Å². The summed E-state index contributed by atoms with van der Waals surface area (Å²) in [6, 6.07) is 7.03. The topological polar surface area (TPSA) is 115 Å². The lowest BCUT2D eigenvalue weighted by Crippen LogP contribution is -2.35. The highest BCUT2D eigenvalue weighted by atomic mass is 79.9. The number of pyridine rings is 1. The summed E-state index contributed by atoms with van der Waals surface area (Å²) in [7, 11) is 0. The van der Waals surface area contributed by atoms with Crippen LogP contribution in [0.3, 0.4) is 0 Å². The molecule has 0 aliphatic carbocycles. The molecule has 3 aromatic rings. The third-order valence-electron chi connectivity index (χ3n) is 3.51. The van der Waals surface area contributed by atoms with Gasteiger partial charge in [-0.15, -0.1) is 0 Å². The fraction of sp³-hybridized carbons (Fsp3) is 0.118. The molecule has 0 radical (unpaired) electrons. The number of benzene rings is 1. The molecule has 0 atom stereocenters. The van der Waals surface area contributed by atoms with Crippen molar-refractivity contribution < 1.29 is 31.8 Å². The van der Waals surface area contributed by atoms with Crippen molar-refractivity contribution in [3.8, 4) is 0 Å². The Morgan fingerprint density at radius 2 is 2.06 bits per heavy atom. The van der Waals surface area contributed by atoms with E-state index < -0.39 is 23.8 Å². The van der Waals surface area contributed by atoms with E-state index in [4.69, 9.17) is 0 Å². The van der Waals surface area contributed by atoms with Crippen LogP contribution < -0.4 is 10.8 Å². The molecule has 31 heavy (non-hydrogen) atoms. The van der Waals surface area contributed by atoms with Crippen molar-refractivity contribution in [3.63, 3.8) is 0 Å². The molecule has 0 fully saturated rings. The van der Waals surface area contributed by atoms with Crippen LogP contribution in [0.15, 0.2) is 56.8 Å². The summed E-state index contributed by atoms with van der Waals surface area (Å²) in [4.78, 5) is 23.1. The van der Waals surface area contributed by atoms with Gasteiger partial charge in [0, 0.05) is 18.9 Å². The number of halogens is 5. The number of hydrogen-bond acceptors (Lipinski definition) is 8. The van der Waals surface area contributed by atoms with Crippen molar-refractivity contribution in [2.45, 2.75) is 12.7 Å². The minimum atomic E-state index is -5.25. The maximum absolute atomic E-state index is 13.5. The first-order valence-electron chi connectivity index (χ1n) is 8.27. The van der Waals surface area contributed by atoms with Gasteiger partial charge in [0.2, 0.25) is 5.82 Å². The molecule has 2 heterocycles. The fourth-order valence-corrected chi connectivity index (χ4v) is 2.48. The normalized spacial score (nSPS) is 11.8. The summed E-state index contributed by atoms with van der Waals surface area (Å²) in [6.45, 7) is 0.215. The van der Waals surface area contributed by atoms with Gasteiger partial charge in [-0.3, -0.25) is 4.98 Å². The van der Waals surface area contributed by atoms with E-state index >= 15 is 0 Å². The van der Waals surface area contributed by atoms with E-state index in [9.17, 15) is 22.4 Å². The van der Waals surface area contributed by atoms with Crippen LogP contribution in [0.25, 0.3) is 0 Å². The van der Waals surface area contributed by atoms with Gasteiger partial charge in [0.1, 0.15) is 5.82 Å². The maximum atomic E-state index is 13.5. The molecule has 0 amide bonds. The van der Waals surface area contributed by atoms with Crippen LogP contribution in [-0.2, 0) is 16.2 Å². The summed E-state index contributed by atoms with van der Waals surface area (Å²) in [6.07, 6.45) is -2.09. The Kier molecular flexibility index (Phi) is 6.79. The van der Waals surface area contributed by atoms with E-state index in [0.29, 0.717) is 0 Å². The number of nitrogens with one attached hydrogen (secondary N) is 2. The van der Waals surface area contributed by atoms with Crippen LogP contribution in [-0.4, -0.2) is 33.3 Å². The number of carbonyl (C=O) groups excluding carboxylic acids is 1. The first-order valence-corrected chi connectivity index (χ1v) is 9.07. The zero-order valence-corrected chi connectivity index (χ0v) is 16.7. The van der Waals surface area contributed by atoms with E-state index in [-0.39, 0.29) is 28.2 Å². The van der Waals surface area contributed by atoms with Gasteiger partial charge >= 0.3 is 12.1 Å². The van der Waals surface area contributed by atoms with Gasteiger partial charge < -0.3 is 10.2 Å². The van der Waals surface area contributed by atoms with Crippen molar-refractivity contribution in [2.75, 3.05) is 5.32 Å². The number of aliphatic imine (C=N–C) groups is 1. The fourth-order valence-electron chi connectivity index (χ4n) is 2.11.